The van der Waals surface area contributed by atoms with Gasteiger partial charge in [0, 0.05) is 54.7 Å². The van der Waals surface area contributed by atoms with Crippen LogP contribution < -0.4 is 20.7 Å². The van der Waals surface area contributed by atoms with E-state index in [9.17, 15) is 11.0 Å². The SMILES string of the molecule is [2H]c1c([2H])c([2H])c(-c2cc([Si](c3ccccc3)(c3ccccc3)c3ccccc3)cc(-c3c([2H])c([2H])c([2H])c([2H])c3[2H])c2-n2c3ccccc3c3cc(-n4c5ccccc5c5cccc(-c6ccc7oc8ccccc8c7c6)c54)ccc32)c([2H])c1[2H]. The smallest absolute Gasteiger partial charge is 0.179 e. The van der Waals surface area contributed by atoms with Gasteiger partial charge in [-0.2, -0.15) is 0 Å². The monoisotopic (exact) mass is 994 g/mol. The van der Waals surface area contributed by atoms with Crippen molar-refractivity contribution in [2.75, 3.05) is 0 Å². The molecule has 356 valence electrons. The second kappa shape index (κ2) is 17.7. The molecule has 3 heterocycles. The molecule has 3 nitrogen and oxygen atoms in total. The molecule has 0 atom stereocenters. The summed E-state index contributed by atoms with van der Waals surface area (Å²) < 4.78 is 105. The van der Waals surface area contributed by atoms with Crippen molar-refractivity contribution in [1.29, 1.82) is 0 Å². The molecule has 0 fully saturated rings. The van der Waals surface area contributed by atoms with E-state index in [-0.39, 0.29) is 27.9 Å². The van der Waals surface area contributed by atoms with E-state index in [0.717, 1.165) is 86.9 Å². The standard InChI is InChI=1S/C72H48N2OSi/c1-6-23-49(24-7-1)62-47-56(76(53-27-10-3-11-28-53,54-29-12-4-13-30-54)55-31-14-5-15-32-55)48-63(50-25-8-2-9-26-50)72(62)74-67-39-20-17-34-59(67)64-46-52(42-43-68(64)74)73-66-38-19-16-33-58(66)61-37-22-36-57(71(61)73)51-41-44-70-65(45-51)60-35-18-21-40-69(60)75-70/h1-48H/i1D,2D,6D,7D,8D,9D,23D,24D,25D,26D. The van der Waals surface area contributed by atoms with Gasteiger partial charge in [-0.05, 0) is 86.0 Å². The molecule has 0 radical (unpaired) electrons. The quantitative estimate of drug-likeness (QED) is 0.104. The van der Waals surface area contributed by atoms with Gasteiger partial charge in [-0.3, -0.25) is 0 Å². The van der Waals surface area contributed by atoms with Gasteiger partial charge in [0.05, 0.1) is 41.5 Å². The first-order valence-corrected chi connectivity index (χ1v) is 27.3. The number of hydrogen-bond donors (Lipinski definition) is 0. The lowest BCUT2D eigenvalue weighted by Crippen LogP contribution is -2.74. The molecule has 76 heavy (non-hydrogen) atoms. The van der Waals surface area contributed by atoms with Crippen LogP contribution in [0.3, 0.4) is 0 Å². The maximum atomic E-state index is 9.85. The third-order valence-electron chi connectivity index (χ3n) is 15.2. The van der Waals surface area contributed by atoms with Crippen molar-refractivity contribution in [3.8, 4) is 44.8 Å². The summed E-state index contributed by atoms with van der Waals surface area (Å²) >= 11 is 0. The predicted molar refractivity (Wildman–Crippen MR) is 322 cm³/mol. The Morgan fingerprint density at radius 3 is 1.43 bits per heavy atom. The van der Waals surface area contributed by atoms with Crippen LogP contribution in [0.2, 0.25) is 0 Å². The molecule has 0 amide bonds. The van der Waals surface area contributed by atoms with Gasteiger partial charge in [-0.1, -0.05) is 242 Å². The van der Waals surface area contributed by atoms with Crippen molar-refractivity contribution in [3.05, 3.63) is 291 Å². The summed E-state index contributed by atoms with van der Waals surface area (Å²) in [7, 11) is -3.65. The van der Waals surface area contributed by atoms with E-state index in [1.54, 1.807) is 0 Å². The van der Waals surface area contributed by atoms with Gasteiger partial charge in [0.2, 0.25) is 0 Å². The Hall–Kier alpha value is -9.74. The maximum Gasteiger partial charge on any atom is 0.179 e. The molecule has 0 saturated carbocycles. The number of aromatic nitrogens is 2. The Kier molecular flexibility index (Phi) is 8.08. The lowest BCUT2D eigenvalue weighted by Gasteiger charge is -2.36. The van der Waals surface area contributed by atoms with Gasteiger partial charge in [0.1, 0.15) is 11.2 Å². The fourth-order valence-corrected chi connectivity index (χ4v) is 16.9. The van der Waals surface area contributed by atoms with Crippen molar-refractivity contribution >= 4 is 94.4 Å². The van der Waals surface area contributed by atoms with Crippen molar-refractivity contribution < 1.29 is 18.1 Å². The van der Waals surface area contributed by atoms with E-state index in [1.807, 2.05) is 132 Å². The Bertz CT molecular complexity index is 5070. The minimum absolute atomic E-state index is 0.111. The Morgan fingerprint density at radius 1 is 0.316 bits per heavy atom. The average Bonchev–Trinajstić information content (AvgIpc) is 1.28. The summed E-state index contributed by atoms with van der Waals surface area (Å²) in [5.41, 5.74) is 8.26. The molecule has 0 bridgehead atoms. The van der Waals surface area contributed by atoms with Crippen LogP contribution in [-0.4, -0.2) is 17.2 Å². The lowest BCUT2D eigenvalue weighted by molar-refractivity contribution is 0.669. The molecule has 0 aliphatic carbocycles. The van der Waals surface area contributed by atoms with E-state index in [0.29, 0.717) is 16.2 Å². The van der Waals surface area contributed by atoms with Crippen LogP contribution in [0, 0.1) is 0 Å². The van der Waals surface area contributed by atoms with Crippen LogP contribution in [-0.2, 0) is 0 Å². The van der Waals surface area contributed by atoms with Gasteiger partial charge in [0.25, 0.3) is 0 Å². The number of fused-ring (bicyclic) bond motifs is 9. The van der Waals surface area contributed by atoms with E-state index in [4.69, 9.17) is 7.16 Å². The first-order chi connectivity index (χ1) is 41.9. The molecule has 0 spiro atoms. The summed E-state index contributed by atoms with van der Waals surface area (Å²) in [6, 6.07) is 72.3. The fraction of sp³-hybridized carbons (Fsp3) is 0. The highest BCUT2D eigenvalue weighted by Gasteiger charge is 2.42. The zero-order valence-electron chi connectivity index (χ0n) is 50.7. The number of para-hydroxylation sites is 4. The third kappa shape index (κ3) is 6.74. The molecular weight excluding hydrogens is 937 g/mol. The molecule has 0 N–H and O–H groups in total. The summed E-state index contributed by atoms with van der Waals surface area (Å²) in [6.07, 6.45) is 0. The van der Waals surface area contributed by atoms with E-state index in [2.05, 4.69) is 108 Å². The highest BCUT2D eigenvalue weighted by molar-refractivity contribution is 7.20. The van der Waals surface area contributed by atoms with Gasteiger partial charge in [-0.15, -0.1) is 0 Å². The van der Waals surface area contributed by atoms with Crippen LogP contribution in [0.4, 0.5) is 0 Å². The Morgan fingerprint density at radius 2 is 0.816 bits per heavy atom. The minimum atomic E-state index is -3.65. The topological polar surface area (TPSA) is 23.0 Å². The van der Waals surface area contributed by atoms with Crippen molar-refractivity contribution in [2.45, 2.75) is 0 Å². The highest BCUT2D eigenvalue weighted by Crippen LogP contribution is 2.44. The fourth-order valence-electron chi connectivity index (χ4n) is 12.1. The van der Waals surface area contributed by atoms with Gasteiger partial charge < -0.3 is 13.6 Å². The van der Waals surface area contributed by atoms with E-state index >= 15 is 0 Å². The summed E-state index contributed by atoms with van der Waals surface area (Å²) in [4.78, 5) is 0. The molecular formula is C72H48N2OSi. The van der Waals surface area contributed by atoms with E-state index in [1.165, 1.54) is 0 Å². The molecule has 15 aromatic rings. The predicted octanol–water partition coefficient (Wildman–Crippen LogP) is 16.2. The number of nitrogens with zero attached hydrogens (tertiary/aromatic N) is 2. The molecule has 4 heteroatoms. The summed E-state index contributed by atoms with van der Waals surface area (Å²) in [5, 5.41) is 9.33. The van der Waals surface area contributed by atoms with E-state index < -0.39 is 68.5 Å². The summed E-state index contributed by atoms with van der Waals surface area (Å²) in [5.74, 6) is 0. The van der Waals surface area contributed by atoms with Crippen LogP contribution >= 0.6 is 0 Å². The van der Waals surface area contributed by atoms with Gasteiger partial charge in [-0.25, -0.2) is 0 Å². The zero-order valence-corrected chi connectivity index (χ0v) is 41.7. The molecule has 12 aromatic carbocycles. The Labute approximate surface area is 455 Å². The lowest BCUT2D eigenvalue weighted by atomic mass is 9.95. The molecule has 0 unspecified atom stereocenters. The maximum absolute atomic E-state index is 9.85. The third-order valence-corrected chi connectivity index (χ3v) is 20.0. The first kappa shape index (κ1) is 34.6. The number of furan rings is 1. The van der Waals surface area contributed by atoms with Crippen LogP contribution in [0.1, 0.15) is 13.7 Å². The highest BCUT2D eigenvalue weighted by atomic mass is 28.3. The Balaban J connectivity index is 1.10. The molecule has 0 aliphatic rings. The van der Waals surface area contributed by atoms with Crippen molar-refractivity contribution in [1.82, 2.24) is 9.13 Å². The summed E-state index contributed by atoms with van der Waals surface area (Å²) in [6.45, 7) is 0. The average molecular weight is 995 g/mol. The van der Waals surface area contributed by atoms with Crippen molar-refractivity contribution in [2.24, 2.45) is 0 Å². The number of benzene rings is 12. The normalized spacial score (nSPS) is 13.8. The second-order valence-electron chi connectivity index (χ2n) is 19.2. The largest absolute Gasteiger partial charge is 0.456 e. The molecule has 0 saturated heterocycles. The van der Waals surface area contributed by atoms with Crippen LogP contribution in [0.25, 0.3) is 110 Å². The molecule has 3 aromatic heterocycles. The van der Waals surface area contributed by atoms with Crippen LogP contribution in [0.5, 0.6) is 0 Å². The first-order valence-electron chi connectivity index (χ1n) is 30.3. The minimum Gasteiger partial charge on any atom is -0.456 e. The number of rotatable bonds is 9. The molecule has 15 rings (SSSR count). The second-order valence-corrected chi connectivity index (χ2v) is 23.0. The van der Waals surface area contributed by atoms with Crippen LogP contribution in [0.15, 0.2) is 295 Å². The number of hydrogen-bond acceptors (Lipinski definition) is 1. The van der Waals surface area contributed by atoms with Gasteiger partial charge >= 0.3 is 0 Å². The molecule has 0 aliphatic heterocycles. The zero-order chi connectivity index (χ0) is 58.9. The van der Waals surface area contributed by atoms with Gasteiger partial charge in [0.15, 0.2) is 8.07 Å². The van der Waals surface area contributed by atoms with Crippen molar-refractivity contribution in [3.63, 3.8) is 0 Å².